The predicted octanol–water partition coefficient (Wildman–Crippen LogP) is 3.36. The molecule has 1 aromatic heterocycles. The second-order valence-electron chi connectivity index (χ2n) is 4.29. The summed E-state index contributed by atoms with van der Waals surface area (Å²) in [6, 6.07) is 12.5. The number of aromatic nitrogens is 1. The third kappa shape index (κ3) is 1.81. The van der Waals surface area contributed by atoms with Crippen LogP contribution < -0.4 is 10.5 Å². The summed E-state index contributed by atoms with van der Waals surface area (Å²) in [4.78, 5) is 0. The first-order chi connectivity index (χ1) is 9.20. The van der Waals surface area contributed by atoms with Gasteiger partial charge >= 0.3 is 0 Å². The minimum atomic E-state index is -0.303. The average Bonchev–Trinajstić information content (AvgIpc) is 2.78. The van der Waals surface area contributed by atoms with Crippen molar-refractivity contribution in [3.05, 3.63) is 54.5 Å². The number of nitrogens with zero attached hydrogens (tertiary/aromatic N) is 1. The fourth-order valence-corrected chi connectivity index (χ4v) is 2.23. The Hall–Kier alpha value is -2.49. The predicted molar refractivity (Wildman–Crippen MR) is 74.2 cm³/mol. The average molecular weight is 256 g/mol. The molecule has 3 nitrogen and oxygen atoms in total. The van der Waals surface area contributed by atoms with Crippen LogP contribution in [0.1, 0.15) is 0 Å². The van der Waals surface area contributed by atoms with Crippen molar-refractivity contribution in [1.29, 1.82) is 0 Å². The van der Waals surface area contributed by atoms with E-state index in [4.69, 9.17) is 10.5 Å². The van der Waals surface area contributed by atoms with Crippen LogP contribution >= 0.6 is 0 Å². The smallest absolute Gasteiger partial charge is 0.134 e. The largest absolute Gasteiger partial charge is 0.497 e. The number of nitrogens with two attached hydrogens (primary N) is 1. The molecule has 0 aliphatic carbocycles. The van der Waals surface area contributed by atoms with Gasteiger partial charge in [-0.1, -0.05) is 6.07 Å². The highest BCUT2D eigenvalue weighted by atomic mass is 19.1. The van der Waals surface area contributed by atoms with E-state index in [0.717, 1.165) is 17.0 Å². The summed E-state index contributed by atoms with van der Waals surface area (Å²) in [6.07, 6.45) is 1.73. The summed E-state index contributed by atoms with van der Waals surface area (Å²) in [7, 11) is 1.62. The van der Waals surface area contributed by atoms with Crippen LogP contribution in [0.25, 0.3) is 16.6 Å². The molecule has 19 heavy (non-hydrogen) atoms. The highest BCUT2D eigenvalue weighted by Gasteiger charge is 2.11. The summed E-state index contributed by atoms with van der Waals surface area (Å²) in [5, 5.41) is 0.457. The fourth-order valence-electron chi connectivity index (χ4n) is 2.23. The molecular formula is C15H13FN2O. The molecule has 0 spiro atoms. The van der Waals surface area contributed by atoms with Crippen molar-refractivity contribution in [2.75, 3.05) is 12.8 Å². The Bertz CT molecular complexity index is 732. The van der Waals surface area contributed by atoms with E-state index in [1.165, 1.54) is 6.07 Å². The van der Waals surface area contributed by atoms with E-state index in [1.807, 2.05) is 34.9 Å². The van der Waals surface area contributed by atoms with Crippen molar-refractivity contribution in [2.45, 2.75) is 0 Å². The van der Waals surface area contributed by atoms with E-state index in [1.54, 1.807) is 19.4 Å². The van der Waals surface area contributed by atoms with Gasteiger partial charge in [0.25, 0.3) is 0 Å². The second-order valence-corrected chi connectivity index (χ2v) is 4.29. The van der Waals surface area contributed by atoms with Gasteiger partial charge in [0.05, 0.1) is 23.7 Å². The van der Waals surface area contributed by atoms with Crippen LogP contribution in [-0.4, -0.2) is 11.7 Å². The van der Waals surface area contributed by atoms with E-state index < -0.39 is 0 Å². The molecule has 3 aromatic rings. The molecule has 3 rings (SSSR count). The van der Waals surface area contributed by atoms with E-state index in [-0.39, 0.29) is 5.82 Å². The Morgan fingerprint density at radius 1 is 1.11 bits per heavy atom. The molecule has 0 aliphatic heterocycles. The lowest BCUT2D eigenvalue weighted by molar-refractivity contribution is 0.415. The standard InChI is InChI=1S/C15H13FN2O/c1-19-11-7-5-10(6-8-11)18-9-13(17)15-12(16)3-2-4-14(15)18/h2-9H,17H2,1H3. The first-order valence-corrected chi connectivity index (χ1v) is 5.90. The molecule has 0 amide bonds. The van der Waals surface area contributed by atoms with Gasteiger partial charge in [0, 0.05) is 11.9 Å². The van der Waals surface area contributed by atoms with Crippen LogP contribution in [0, 0.1) is 5.82 Å². The monoisotopic (exact) mass is 256 g/mol. The van der Waals surface area contributed by atoms with Gasteiger partial charge in [-0.15, -0.1) is 0 Å². The molecule has 0 fully saturated rings. The zero-order valence-corrected chi connectivity index (χ0v) is 10.4. The highest BCUT2D eigenvalue weighted by Crippen LogP contribution is 2.29. The van der Waals surface area contributed by atoms with Gasteiger partial charge in [-0.3, -0.25) is 0 Å². The molecule has 0 aliphatic rings. The van der Waals surface area contributed by atoms with E-state index >= 15 is 0 Å². The van der Waals surface area contributed by atoms with Crippen molar-refractivity contribution < 1.29 is 9.13 Å². The number of benzene rings is 2. The number of hydrogen-bond acceptors (Lipinski definition) is 2. The number of ether oxygens (including phenoxy) is 1. The first kappa shape index (κ1) is 11.6. The van der Waals surface area contributed by atoms with Crippen molar-refractivity contribution in [3.8, 4) is 11.4 Å². The van der Waals surface area contributed by atoms with Gasteiger partial charge < -0.3 is 15.0 Å². The lowest BCUT2D eigenvalue weighted by Crippen LogP contribution is -1.92. The maximum absolute atomic E-state index is 13.8. The van der Waals surface area contributed by atoms with Gasteiger partial charge in [0.15, 0.2) is 0 Å². The molecular weight excluding hydrogens is 243 g/mol. The minimum Gasteiger partial charge on any atom is -0.497 e. The quantitative estimate of drug-likeness (QED) is 0.763. The van der Waals surface area contributed by atoms with Gasteiger partial charge in [-0.25, -0.2) is 4.39 Å². The number of nitrogen functional groups attached to an aromatic ring is 1. The Kier molecular flexibility index (Phi) is 2.63. The molecule has 0 radical (unpaired) electrons. The van der Waals surface area contributed by atoms with Crippen LogP contribution in [0.2, 0.25) is 0 Å². The Morgan fingerprint density at radius 2 is 1.84 bits per heavy atom. The maximum Gasteiger partial charge on any atom is 0.134 e. The number of rotatable bonds is 2. The number of anilines is 1. The van der Waals surface area contributed by atoms with Gasteiger partial charge in [0.2, 0.25) is 0 Å². The molecule has 1 heterocycles. The van der Waals surface area contributed by atoms with Gasteiger partial charge in [0.1, 0.15) is 11.6 Å². The lowest BCUT2D eigenvalue weighted by Gasteiger charge is -2.06. The maximum atomic E-state index is 13.8. The molecule has 2 aromatic carbocycles. The molecule has 0 saturated carbocycles. The Labute approximate surface area is 110 Å². The van der Waals surface area contributed by atoms with Crippen molar-refractivity contribution in [1.82, 2.24) is 4.57 Å². The number of fused-ring (bicyclic) bond motifs is 1. The SMILES string of the molecule is COc1ccc(-n2cc(N)c3c(F)cccc32)cc1. The van der Waals surface area contributed by atoms with E-state index in [2.05, 4.69) is 0 Å². The zero-order chi connectivity index (χ0) is 13.4. The van der Waals surface area contributed by atoms with Crippen molar-refractivity contribution in [3.63, 3.8) is 0 Å². The lowest BCUT2D eigenvalue weighted by atomic mass is 10.2. The van der Waals surface area contributed by atoms with E-state index in [9.17, 15) is 4.39 Å². The molecule has 4 heteroatoms. The molecule has 0 unspecified atom stereocenters. The Balaban J connectivity index is 2.22. The summed E-state index contributed by atoms with van der Waals surface area (Å²) >= 11 is 0. The third-order valence-corrected chi connectivity index (χ3v) is 3.16. The molecule has 96 valence electrons. The molecule has 0 bridgehead atoms. The zero-order valence-electron chi connectivity index (χ0n) is 10.4. The summed E-state index contributed by atoms with van der Waals surface area (Å²) < 4.78 is 20.8. The van der Waals surface area contributed by atoms with Crippen molar-refractivity contribution >= 4 is 16.6 Å². The summed E-state index contributed by atoms with van der Waals surface area (Å²) in [5.41, 5.74) is 7.98. The normalized spacial score (nSPS) is 10.8. The minimum absolute atomic E-state index is 0.303. The Morgan fingerprint density at radius 3 is 2.53 bits per heavy atom. The fraction of sp³-hybridized carbons (Fsp3) is 0.0667. The molecule has 0 atom stereocenters. The number of methoxy groups -OCH3 is 1. The number of halogens is 1. The third-order valence-electron chi connectivity index (χ3n) is 3.16. The van der Waals surface area contributed by atoms with Crippen LogP contribution in [0.4, 0.5) is 10.1 Å². The van der Waals surface area contributed by atoms with Crippen LogP contribution in [-0.2, 0) is 0 Å². The van der Waals surface area contributed by atoms with Crippen LogP contribution in [0.5, 0.6) is 5.75 Å². The second kappa shape index (κ2) is 4.31. The van der Waals surface area contributed by atoms with Crippen LogP contribution in [0.3, 0.4) is 0 Å². The van der Waals surface area contributed by atoms with Gasteiger partial charge in [-0.05, 0) is 36.4 Å². The van der Waals surface area contributed by atoms with Gasteiger partial charge in [-0.2, -0.15) is 0 Å². The van der Waals surface area contributed by atoms with Crippen molar-refractivity contribution in [2.24, 2.45) is 0 Å². The molecule has 2 N–H and O–H groups in total. The highest BCUT2D eigenvalue weighted by molar-refractivity contribution is 5.93. The topological polar surface area (TPSA) is 40.2 Å². The number of hydrogen-bond donors (Lipinski definition) is 1. The first-order valence-electron chi connectivity index (χ1n) is 5.90. The molecule has 0 saturated heterocycles. The van der Waals surface area contributed by atoms with Crippen LogP contribution in [0.15, 0.2) is 48.7 Å². The summed E-state index contributed by atoms with van der Waals surface area (Å²) in [5.74, 6) is 0.474. The summed E-state index contributed by atoms with van der Waals surface area (Å²) in [6.45, 7) is 0. The van der Waals surface area contributed by atoms with E-state index in [0.29, 0.717) is 11.1 Å².